The third-order valence-corrected chi connectivity index (χ3v) is 3.23. The fourth-order valence-corrected chi connectivity index (χ4v) is 2.14. The van der Waals surface area contributed by atoms with E-state index >= 15 is 0 Å². The molecule has 0 fully saturated rings. The molecule has 0 aliphatic carbocycles. The van der Waals surface area contributed by atoms with Gasteiger partial charge in [0.05, 0.1) is 6.10 Å². The van der Waals surface area contributed by atoms with Crippen molar-refractivity contribution < 1.29 is 5.11 Å². The molecule has 2 aromatic rings. The van der Waals surface area contributed by atoms with E-state index in [1.807, 2.05) is 55.7 Å². The lowest BCUT2D eigenvalue weighted by atomic mass is 10.1. The first-order valence-electron chi connectivity index (χ1n) is 6.56. The Labute approximate surface area is 114 Å². The number of para-hydroxylation sites is 1. The van der Waals surface area contributed by atoms with Crippen molar-refractivity contribution in [2.75, 3.05) is 18.5 Å². The van der Waals surface area contributed by atoms with Crippen molar-refractivity contribution in [3.05, 3.63) is 59.9 Å². The number of nitrogens with zero attached hydrogens (tertiary/aromatic N) is 2. The molecule has 1 heterocycles. The molecule has 0 saturated carbocycles. The van der Waals surface area contributed by atoms with Crippen LogP contribution in [-0.4, -0.2) is 23.7 Å². The van der Waals surface area contributed by atoms with E-state index in [0.29, 0.717) is 0 Å². The fraction of sp³-hybridized carbons (Fsp3) is 0.312. The molecule has 100 valence electrons. The number of hydrogen-bond acceptors (Lipinski definition) is 3. The number of anilines is 1. The van der Waals surface area contributed by atoms with Crippen LogP contribution in [0.5, 0.6) is 0 Å². The minimum atomic E-state index is -0.450. The zero-order chi connectivity index (χ0) is 13.7. The Kier molecular flexibility index (Phi) is 4.53. The van der Waals surface area contributed by atoms with Gasteiger partial charge in [-0.1, -0.05) is 24.3 Å². The largest absolute Gasteiger partial charge is 0.389 e. The molecule has 0 unspecified atom stereocenters. The third-order valence-electron chi connectivity index (χ3n) is 3.23. The maximum Gasteiger partial charge on any atom is 0.0781 e. The van der Waals surface area contributed by atoms with Gasteiger partial charge in [0.15, 0.2) is 0 Å². The first-order chi connectivity index (χ1) is 9.18. The van der Waals surface area contributed by atoms with Crippen LogP contribution in [0.1, 0.15) is 24.3 Å². The molecule has 19 heavy (non-hydrogen) atoms. The van der Waals surface area contributed by atoms with Gasteiger partial charge < -0.3 is 10.0 Å². The summed E-state index contributed by atoms with van der Waals surface area (Å²) in [5.41, 5.74) is 3.13. The number of rotatable bonds is 5. The zero-order valence-electron chi connectivity index (χ0n) is 11.5. The first-order valence-corrected chi connectivity index (χ1v) is 6.56. The summed E-state index contributed by atoms with van der Waals surface area (Å²) in [4.78, 5) is 6.49. The Hall–Kier alpha value is -1.87. The summed E-state index contributed by atoms with van der Waals surface area (Å²) in [6.07, 6.45) is 2.26. The van der Waals surface area contributed by atoms with Crippen LogP contribution >= 0.6 is 0 Å². The Balaban J connectivity index is 2.06. The fourth-order valence-electron chi connectivity index (χ4n) is 2.14. The zero-order valence-corrected chi connectivity index (χ0v) is 11.5. The quantitative estimate of drug-likeness (QED) is 0.893. The molecular weight excluding hydrogens is 236 g/mol. The molecular formula is C16H20N2O. The molecule has 1 N–H and O–H groups in total. The van der Waals surface area contributed by atoms with E-state index in [4.69, 9.17) is 0 Å². The Morgan fingerprint density at radius 2 is 1.89 bits per heavy atom. The topological polar surface area (TPSA) is 36.4 Å². The van der Waals surface area contributed by atoms with Crippen LogP contribution in [0, 0.1) is 0 Å². The van der Waals surface area contributed by atoms with Crippen LogP contribution < -0.4 is 4.90 Å². The minimum absolute atomic E-state index is 0.450. The summed E-state index contributed by atoms with van der Waals surface area (Å²) < 4.78 is 0. The van der Waals surface area contributed by atoms with Crippen molar-refractivity contribution >= 4 is 5.69 Å². The van der Waals surface area contributed by atoms with Crippen LogP contribution in [0.2, 0.25) is 0 Å². The summed E-state index contributed by atoms with van der Waals surface area (Å²) in [7, 11) is 2.05. The van der Waals surface area contributed by atoms with E-state index in [1.165, 1.54) is 0 Å². The second kappa shape index (κ2) is 6.34. The maximum absolute atomic E-state index is 9.80. The van der Waals surface area contributed by atoms with Crippen molar-refractivity contribution in [3.8, 4) is 0 Å². The highest BCUT2D eigenvalue weighted by Gasteiger charge is 2.10. The number of benzene rings is 1. The highest BCUT2D eigenvalue weighted by molar-refractivity contribution is 5.54. The molecule has 0 saturated heterocycles. The molecule has 3 nitrogen and oxygen atoms in total. The van der Waals surface area contributed by atoms with Gasteiger partial charge in [-0.05, 0) is 25.1 Å². The lowest BCUT2D eigenvalue weighted by Crippen LogP contribution is -2.22. The van der Waals surface area contributed by atoms with Crippen LogP contribution in [0.15, 0.2) is 48.7 Å². The summed E-state index contributed by atoms with van der Waals surface area (Å²) in [5.74, 6) is 0. The molecule has 0 radical (unpaired) electrons. The van der Waals surface area contributed by atoms with E-state index in [9.17, 15) is 5.11 Å². The van der Waals surface area contributed by atoms with Gasteiger partial charge >= 0.3 is 0 Å². The summed E-state index contributed by atoms with van der Waals surface area (Å²) in [5, 5.41) is 9.80. The van der Waals surface area contributed by atoms with Crippen LogP contribution in [0.4, 0.5) is 5.69 Å². The second-order valence-corrected chi connectivity index (χ2v) is 4.73. The second-order valence-electron chi connectivity index (χ2n) is 4.73. The Morgan fingerprint density at radius 3 is 2.58 bits per heavy atom. The van der Waals surface area contributed by atoms with Crippen molar-refractivity contribution in [3.63, 3.8) is 0 Å². The van der Waals surface area contributed by atoms with E-state index in [0.717, 1.165) is 29.9 Å². The normalized spacial score (nSPS) is 12.2. The summed E-state index contributed by atoms with van der Waals surface area (Å²) in [6, 6.07) is 13.9. The predicted molar refractivity (Wildman–Crippen MR) is 78.3 cm³/mol. The van der Waals surface area contributed by atoms with Gasteiger partial charge in [-0.25, -0.2) is 0 Å². The number of likely N-dealkylation sites (N-methyl/N-ethyl adjacent to an activating group) is 1. The summed E-state index contributed by atoms with van der Waals surface area (Å²) >= 11 is 0. The Morgan fingerprint density at radius 1 is 1.16 bits per heavy atom. The lowest BCUT2D eigenvalue weighted by molar-refractivity contribution is 0.199. The van der Waals surface area contributed by atoms with Crippen LogP contribution in [0.25, 0.3) is 0 Å². The van der Waals surface area contributed by atoms with Crippen LogP contribution in [0.3, 0.4) is 0 Å². The van der Waals surface area contributed by atoms with Crippen molar-refractivity contribution in [1.29, 1.82) is 0 Å². The van der Waals surface area contributed by atoms with Gasteiger partial charge in [0, 0.05) is 43.2 Å². The molecule has 0 aliphatic rings. The monoisotopic (exact) mass is 256 g/mol. The van der Waals surface area contributed by atoms with Crippen molar-refractivity contribution in [2.24, 2.45) is 0 Å². The van der Waals surface area contributed by atoms with Gasteiger partial charge in [-0.3, -0.25) is 4.98 Å². The van der Waals surface area contributed by atoms with Gasteiger partial charge in [0.25, 0.3) is 0 Å². The first kappa shape index (κ1) is 13.6. The molecule has 1 aromatic heterocycles. The van der Waals surface area contributed by atoms with Crippen molar-refractivity contribution in [1.82, 2.24) is 4.98 Å². The van der Waals surface area contributed by atoms with E-state index in [1.54, 1.807) is 6.92 Å². The molecule has 1 atom stereocenters. The average molecular weight is 256 g/mol. The van der Waals surface area contributed by atoms with Gasteiger partial charge in [-0.2, -0.15) is 0 Å². The lowest BCUT2D eigenvalue weighted by Gasteiger charge is -2.23. The number of aromatic nitrogens is 1. The molecule has 0 spiro atoms. The number of pyridine rings is 1. The third kappa shape index (κ3) is 3.55. The van der Waals surface area contributed by atoms with Gasteiger partial charge in [0.2, 0.25) is 0 Å². The highest BCUT2D eigenvalue weighted by Crippen LogP contribution is 2.25. The maximum atomic E-state index is 9.80. The van der Waals surface area contributed by atoms with Gasteiger partial charge in [-0.15, -0.1) is 0 Å². The van der Waals surface area contributed by atoms with E-state index < -0.39 is 6.10 Å². The van der Waals surface area contributed by atoms with E-state index in [2.05, 4.69) is 9.88 Å². The SMILES string of the molecule is C[C@@H](O)c1ccccc1N(C)CCc1ccccn1. The highest BCUT2D eigenvalue weighted by atomic mass is 16.3. The number of aliphatic hydroxyl groups is 1. The molecule has 0 bridgehead atoms. The molecule has 2 rings (SSSR count). The molecule has 3 heteroatoms. The minimum Gasteiger partial charge on any atom is -0.389 e. The smallest absolute Gasteiger partial charge is 0.0781 e. The average Bonchev–Trinajstić information content (AvgIpc) is 2.46. The predicted octanol–water partition coefficient (Wildman–Crippen LogP) is 2.81. The standard InChI is InChI=1S/C16H20N2O/c1-13(19)15-8-3-4-9-16(15)18(2)12-10-14-7-5-6-11-17-14/h3-9,11,13,19H,10,12H2,1-2H3/t13-/m1/s1. The Bertz CT molecular complexity index is 511. The van der Waals surface area contributed by atoms with Gasteiger partial charge in [0.1, 0.15) is 0 Å². The van der Waals surface area contributed by atoms with Crippen LogP contribution in [-0.2, 0) is 6.42 Å². The summed E-state index contributed by atoms with van der Waals surface area (Å²) in [6.45, 7) is 2.67. The van der Waals surface area contributed by atoms with E-state index in [-0.39, 0.29) is 0 Å². The number of hydrogen-bond donors (Lipinski definition) is 1. The molecule has 0 amide bonds. The molecule has 1 aromatic carbocycles. The van der Waals surface area contributed by atoms with Crippen molar-refractivity contribution in [2.45, 2.75) is 19.4 Å². The number of aliphatic hydroxyl groups excluding tert-OH is 1. The molecule has 0 aliphatic heterocycles.